The van der Waals surface area contributed by atoms with Gasteiger partial charge in [-0.05, 0) is 42.3 Å². The molecule has 2 aromatic carbocycles. The second kappa shape index (κ2) is 8.19. The average molecular weight is 407 g/mol. The molecule has 6 nitrogen and oxygen atoms in total. The van der Waals surface area contributed by atoms with Crippen LogP contribution in [0.15, 0.2) is 42.5 Å². The van der Waals surface area contributed by atoms with Crippen molar-refractivity contribution in [3.63, 3.8) is 0 Å². The smallest absolute Gasteiger partial charge is 0.256 e. The van der Waals surface area contributed by atoms with Gasteiger partial charge in [0.1, 0.15) is 5.75 Å². The normalized spacial score (nSPS) is 19.1. The minimum Gasteiger partial charge on any atom is -0.497 e. The lowest BCUT2D eigenvalue weighted by atomic mass is 10.1. The average Bonchev–Trinajstić information content (AvgIpc) is 3.16. The van der Waals surface area contributed by atoms with E-state index in [0.29, 0.717) is 0 Å². The molecule has 3 aliphatic rings. The summed E-state index contributed by atoms with van der Waals surface area (Å²) in [6.07, 6.45) is 1.06. The number of hydrogen-bond donors (Lipinski definition) is 0. The first-order chi connectivity index (χ1) is 14.7. The van der Waals surface area contributed by atoms with E-state index in [1.54, 1.807) is 7.11 Å². The maximum absolute atomic E-state index is 13.2. The minimum atomic E-state index is 0.202. The molecule has 30 heavy (non-hydrogen) atoms. The Morgan fingerprint density at radius 1 is 0.833 bits per heavy atom. The Morgan fingerprint density at radius 2 is 1.60 bits per heavy atom. The van der Waals surface area contributed by atoms with Crippen LogP contribution in [0.1, 0.15) is 15.9 Å². The highest BCUT2D eigenvalue weighted by molar-refractivity contribution is 6.01. The fourth-order valence-electron chi connectivity index (χ4n) is 4.94. The summed E-state index contributed by atoms with van der Waals surface area (Å²) in [6, 6.07) is 14.5. The summed E-state index contributed by atoms with van der Waals surface area (Å²) in [6.45, 7) is 8.64. The van der Waals surface area contributed by atoms with Gasteiger partial charge in [-0.2, -0.15) is 0 Å². The van der Waals surface area contributed by atoms with Gasteiger partial charge >= 0.3 is 0 Å². The van der Waals surface area contributed by atoms with Gasteiger partial charge in [-0.3, -0.25) is 9.69 Å². The van der Waals surface area contributed by atoms with Crippen LogP contribution in [-0.2, 0) is 6.42 Å². The highest BCUT2D eigenvalue weighted by atomic mass is 16.5. The van der Waals surface area contributed by atoms with Crippen molar-refractivity contribution in [2.45, 2.75) is 6.42 Å². The summed E-state index contributed by atoms with van der Waals surface area (Å²) < 4.78 is 5.26. The SMILES string of the molecule is COc1ccc(N2CCN(CCN3CCN4CCc5cccc(c54)C3=O)CC2)cc1. The molecule has 5 rings (SSSR count). The zero-order chi connectivity index (χ0) is 20.5. The van der Waals surface area contributed by atoms with E-state index in [2.05, 4.69) is 37.8 Å². The van der Waals surface area contributed by atoms with Gasteiger partial charge in [-0.15, -0.1) is 0 Å². The van der Waals surface area contributed by atoms with E-state index in [1.807, 2.05) is 24.3 Å². The second-order valence-electron chi connectivity index (χ2n) is 8.37. The fraction of sp³-hybridized carbons (Fsp3) is 0.458. The maximum atomic E-state index is 13.2. The van der Waals surface area contributed by atoms with Gasteiger partial charge in [0.15, 0.2) is 0 Å². The lowest BCUT2D eigenvalue weighted by Crippen LogP contribution is -2.49. The van der Waals surface area contributed by atoms with Gasteiger partial charge in [0.25, 0.3) is 5.91 Å². The molecule has 158 valence electrons. The summed E-state index contributed by atoms with van der Waals surface area (Å²) in [4.78, 5) is 22.6. The maximum Gasteiger partial charge on any atom is 0.256 e. The molecule has 0 spiro atoms. The predicted molar refractivity (Wildman–Crippen MR) is 120 cm³/mol. The van der Waals surface area contributed by atoms with Crippen LogP contribution in [0.2, 0.25) is 0 Å². The molecule has 0 unspecified atom stereocenters. The van der Waals surface area contributed by atoms with Crippen molar-refractivity contribution < 1.29 is 9.53 Å². The van der Waals surface area contributed by atoms with Crippen molar-refractivity contribution in [3.8, 4) is 5.75 Å². The quantitative estimate of drug-likeness (QED) is 0.762. The summed E-state index contributed by atoms with van der Waals surface area (Å²) in [5.41, 5.74) is 4.67. The van der Waals surface area contributed by atoms with Gasteiger partial charge in [0, 0.05) is 64.6 Å². The molecule has 1 fully saturated rings. The first kappa shape index (κ1) is 19.2. The molecule has 1 saturated heterocycles. The Kier molecular flexibility index (Phi) is 5.25. The standard InChI is InChI=1S/C24H30N4O2/c1-30-21-7-5-20(6-8-21)26-14-11-25(12-15-26)13-16-28-18-17-27-10-9-19-3-2-4-22(23(19)27)24(28)29/h2-8H,9-18H2,1H3. The number of ether oxygens (including phenoxy) is 1. The Balaban J connectivity index is 1.17. The zero-order valence-corrected chi connectivity index (χ0v) is 17.7. The van der Waals surface area contributed by atoms with Crippen molar-refractivity contribution >= 4 is 17.3 Å². The third kappa shape index (κ3) is 3.60. The number of carbonyl (C=O) groups excluding carboxylic acids is 1. The Morgan fingerprint density at radius 3 is 2.37 bits per heavy atom. The van der Waals surface area contributed by atoms with Crippen LogP contribution in [0.3, 0.4) is 0 Å². The lowest BCUT2D eigenvalue weighted by molar-refractivity contribution is 0.0744. The van der Waals surface area contributed by atoms with Gasteiger partial charge in [0.2, 0.25) is 0 Å². The summed E-state index contributed by atoms with van der Waals surface area (Å²) in [5, 5.41) is 0. The van der Waals surface area contributed by atoms with E-state index in [1.165, 1.54) is 16.9 Å². The van der Waals surface area contributed by atoms with E-state index in [9.17, 15) is 4.79 Å². The molecule has 0 atom stereocenters. The van der Waals surface area contributed by atoms with Crippen molar-refractivity contribution in [1.82, 2.24) is 9.80 Å². The minimum absolute atomic E-state index is 0.202. The van der Waals surface area contributed by atoms with Gasteiger partial charge < -0.3 is 19.4 Å². The number of hydrogen-bond acceptors (Lipinski definition) is 5. The summed E-state index contributed by atoms with van der Waals surface area (Å²) >= 11 is 0. The number of benzene rings is 2. The predicted octanol–water partition coefficient (Wildman–Crippen LogP) is 2.34. The van der Waals surface area contributed by atoms with Crippen LogP contribution >= 0.6 is 0 Å². The van der Waals surface area contributed by atoms with E-state index < -0.39 is 0 Å². The van der Waals surface area contributed by atoms with Gasteiger partial charge in [-0.1, -0.05) is 12.1 Å². The molecule has 1 amide bonds. The number of carbonyl (C=O) groups is 1. The number of methoxy groups -OCH3 is 1. The molecule has 3 aliphatic heterocycles. The molecule has 6 heteroatoms. The van der Waals surface area contributed by atoms with E-state index in [-0.39, 0.29) is 5.91 Å². The molecule has 0 radical (unpaired) electrons. The van der Waals surface area contributed by atoms with E-state index in [4.69, 9.17) is 4.74 Å². The molecule has 2 aromatic rings. The first-order valence-electron chi connectivity index (χ1n) is 11.0. The van der Waals surface area contributed by atoms with Crippen LogP contribution in [0.5, 0.6) is 5.75 Å². The second-order valence-corrected chi connectivity index (χ2v) is 8.37. The number of para-hydroxylation sites is 1. The highest BCUT2D eigenvalue weighted by Crippen LogP contribution is 2.34. The third-order valence-electron chi connectivity index (χ3n) is 6.74. The number of anilines is 2. The van der Waals surface area contributed by atoms with Crippen molar-refractivity contribution in [2.24, 2.45) is 0 Å². The number of rotatable bonds is 5. The van der Waals surface area contributed by atoms with Crippen LogP contribution < -0.4 is 14.5 Å². The van der Waals surface area contributed by atoms with Gasteiger partial charge in [-0.25, -0.2) is 0 Å². The van der Waals surface area contributed by atoms with Crippen molar-refractivity contribution in [2.75, 3.05) is 75.8 Å². The Labute approximate surface area is 178 Å². The topological polar surface area (TPSA) is 39.3 Å². The Hall–Kier alpha value is -2.73. The molecule has 0 bridgehead atoms. The zero-order valence-electron chi connectivity index (χ0n) is 17.7. The van der Waals surface area contributed by atoms with E-state index >= 15 is 0 Å². The van der Waals surface area contributed by atoms with Crippen molar-refractivity contribution in [1.29, 1.82) is 0 Å². The lowest BCUT2D eigenvalue weighted by Gasteiger charge is -2.37. The monoisotopic (exact) mass is 406 g/mol. The Bertz CT molecular complexity index is 906. The third-order valence-corrected chi connectivity index (χ3v) is 6.74. The number of nitrogens with zero attached hydrogens (tertiary/aromatic N) is 4. The molecule has 0 N–H and O–H groups in total. The fourth-order valence-corrected chi connectivity index (χ4v) is 4.94. The van der Waals surface area contributed by atoms with Crippen LogP contribution in [0, 0.1) is 0 Å². The number of amides is 1. The molecule has 3 heterocycles. The molecular weight excluding hydrogens is 376 g/mol. The molecule has 0 aromatic heterocycles. The van der Waals surface area contributed by atoms with Gasteiger partial charge in [0.05, 0.1) is 18.4 Å². The summed E-state index contributed by atoms with van der Waals surface area (Å²) in [5.74, 6) is 1.10. The molecular formula is C24H30N4O2. The van der Waals surface area contributed by atoms with Crippen LogP contribution in [0.4, 0.5) is 11.4 Å². The van der Waals surface area contributed by atoms with Crippen LogP contribution in [-0.4, -0.2) is 81.7 Å². The summed E-state index contributed by atoms with van der Waals surface area (Å²) in [7, 11) is 1.70. The number of piperazine rings is 1. The largest absolute Gasteiger partial charge is 0.497 e. The molecule has 0 saturated carbocycles. The first-order valence-corrected chi connectivity index (χ1v) is 11.0. The van der Waals surface area contributed by atoms with Crippen LogP contribution in [0.25, 0.3) is 0 Å². The highest BCUT2D eigenvalue weighted by Gasteiger charge is 2.31. The van der Waals surface area contributed by atoms with Crippen molar-refractivity contribution in [3.05, 3.63) is 53.6 Å². The van der Waals surface area contributed by atoms with E-state index in [0.717, 1.165) is 76.6 Å². The molecule has 0 aliphatic carbocycles.